The predicted molar refractivity (Wildman–Crippen MR) is 247 cm³/mol. The third kappa shape index (κ3) is 44.5. The van der Waals surface area contributed by atoms with Gasteiger partial charge in [-0.3, -0.25) is 14.4 Å². The number of ether oxygens (including phenoxy) is 3. The van der Waals surface area contributed by atoms with Crippen molar-refractivity contribution in [3.05, 3.63) is 48.6 Å². The summed E-state index contributed by atoms with van der Waals surface area (Å²) >= 11 is 0. The first-order valence-electron chi connectivity index (χ1n) is 24.7. The van der Waals surface area contributed by atoms with Crippen molar-refractivity contribution in [2.75, 3.05) is 13.2 Å². The molecule has 58 heavy (non-hydrogen) atoms. The highest BCUT2D eigenvalue weighted by Crippen LogP contribution is 2.15. The smallest absolute Gasteiger partial charge is 0.306 e. The molecule has 6 nitrogen and oxygen atoms in total. The minimum absolute atomic E-state index is 0.0860. The van der Waals surface area contributed by atoms with E-state index in [2.05, 4.69) is 69.4 Å². The summed E-state index contributed by atoms with van der Waals surface area (Å²) in [4.78, 5) is 37.8. The molecule has 0 aliphatic heterocycles. The minimum Gasteiger partial charge on any atom is -0.462 e. The Kier molecular flexibility index (Phi) is 44.9. The third-order valence-corrected chi connectivity index (χ3v) is 10.6. The van der Waals surface area contributed by atoms with Crippen LogP contribution in [-0.2, 0) is 28.6 Å². The first-order valence-corrected chi connectivity index (χ1v) is 24.7. The molecule has 0 aliphatic rings. The van der Waals surface area contributed by atoms with Crippen LogP contribution in [0.5, 0.6) is 0 Å². The minimum atomic E-state index is -0.784. The maximum Gasteiger partial charge on any atom is 0.306 e. The van der Waals surface area contributed by atoms with Gasteiger partial charge in [-0.25, -0.2) is 0 Å². The number of carbonyl (C=O) groups is 3. The summed E-state index contributed by atoms with van der Waals surface area (Å²) in [6.45, 7) is 6.53. The molecule has 0 aromatic heterocycles. The van der Waals surface area contributed by atoms with Gasteiger partial charge in [0.15, 0.2) is 6.10 Å². The normalized spacial score (nSPS) is 12.4. The van der Waals surface area contributed by atoms with Crippen molar-refractivity contribution in [2.45, 2.75) is 252 Å². The molecule has 0 aromatic rings. The summed E-state index contributed by atoms with van der Waals surface area (Å²) < 4.78 is 16.7. The van der Waals surface area contributed by atoms with Crippen LogP contribution in [0.4, 0.5) is 0 Å². The summed E-state index contributed by atoms with van der Waals surface area (Å²) in [5.74, 6) is -0.921. The van der Waals surface area contributed by atoms with E-state index in [1.807, 2.05) is 0 Å². The number of rotatable bonds is 44. The molecule has 0 N–H and O–H groups in total. The maximum atomic E-state index is 12.8. The van der Waals surface area contributed by atoms with Gasteiger partial charge in [-0.1, -0.05) is 211 Å². The van der Waals surface area contributed by atoms with Crippen LogP contribution >= 0.6 is 0 Å². The number of allylic oxidation sites excluding steroid dienone is 8. The largest absolute Gasteiger partial charge is 0.462 e. The molecular weight excluding hydrogens is 721 g/mol. The van der Waals surface area contributed by atoms with Crippen LogP contribution in [0.1, 0.15) is 245 Å². The van der Waals surface area contributed by atoms with Crippen molar-refractivity contribution in [1.29, 1.82) is 0 Å². The number of hydrogen-bond acceptors (Lipinski definition) is 6. The van der Waals surface area contributed by atoms with Gasteiger partial charge in [-0.15, -0.1) is 0 Å². The van der Waals surface area contributed by atoms with Crippen molar-refractivity contribution in [2.24, 2.45) is 0 Å². The molecule has 0 aromatic carbocycles. The average molecular weight is 813 g/mol. The van der Waals surface area contributed by atoms with E-state index < -0.39 is 6.10 Å². The monoisotopic (exact) mass is 813 g/mol. The van der Waals surface area contributed by atoms with E-state index >= 15 is 0 Å². The van der Waals surface area contributed by atoms with Gasteiger partial charge in [-0.05, 0) is 64.2 Å². The van der Waals surface area contributed by atoms with Crippen LogP contribution in [0.25, 0.3) is 0 Å². The van der Waals surface area contributed by atoms with Gasteiger partial charge in [0.1, 0.15) is 13.2 Å². The average Bonchev–Trinajstić information content (AvgIpc) is 3.22. The third-order valence-electron chi connectivity index (χ3n) is 10.6. The maximum absolute atomic E-state index is 12.8. The first-order chi connectivity index (χ1) is 28.5. The second-order valence-electron chi connectivity index (χ2n) is 16.4. The van der Waals surface area contributed by atoms with Crippen molar-refractivity contribution in [3.63, 3.8) is 0 Å². The Morgan fingerprint density at radius 2 is 0.621 bits per heavy atom. The molecule has 0 fully saturated rings. The SMILES string of the molecule is CCCC/C=C\C=C/CCCCCC(=O)OCC(COC(=O)CCCCCCCC/C=C\C=C/CCCCC)OC(=O)CCCCCCCCCCCCCCCC. The lowest BCUT2D eigenvalue weighted by Gasteiger charge is -2.18. The Hall–Kier alpha value is -2.63. The fourth-order valence-electron chi connectivity index (χ4n) is 6.82. The highest BCUT2D eigenvalue weighted by molar-refractivity contribution is 5.71. The van der Waals surface area contributed by atoms with Crippen LogP contribution in [0.15, 0.2) is 48.6 Å². The standard InChI is InChI=1S/C52H92O6/c1-4-7-10-13-16-19-22-24-26-28-30-33-36-39-42-45-51(54)57-48-49(47-56-50(53)44-41-38-35-32-29-21-18-15-12-9-6-3)58-52(55)46-43-40-37-34-31-27-25-23-20-17-14-11-8-5-2/h15-16,18-19,21-22,24,29,49H,4-14,17,20,23,25-28,30-48H2,1-3H3/b18-15-,19-16-,24-22-,29-21-. The van der Waals surface area contributed by atoms with E-state index in [-0.39, 0.29) is 31.1 Å². The molecule has 0 rings (SSSR count). The molecule has 6 heteroatoms. The van der Waals surface area contributed by atoms with Crippen molar-refractivity contribution < 1.29 is 28.6 Å². The zero-order valence-electron chi connectivity index (χ0n) is 38.3. The Labute approximate surface area is 358 Å². The molecule has 0 aliphatic carbocycles. The van der Waals surface area contributed by atoms with Crippen LogP contribution < -0.4 is 0 Å². The molecule has 0 bridgehead atoms. The Balaban J connectivity index is 4.40. The molecular formula is C52H92O6. The first kappa shape index (κ1) is 55.4. The lowest BCUT2D eigenvalue weighted by Crippen LogP contribution is -2.30. The van der Waals surface area contributed by atoms with E-state index in [4.69, 9.17) is 14.2 Å². The molecule has 1 atom stereocenters. The van der Waals surface area contributed by atoms with Gasteiger partial charge in [0.05, 0.1) is 0 Å². The molecule has 0 spiro atoms. The van der Waals surface area contributed by atoms with E-state index in [1.54, 1.807) is 0 Å². The number of hydrogen-bond donors (Lipinski definition) is 0. The molecule has 0 heterocycles. The summed E-state index contributed by atoms with van der Waals surface area (Å²) in [7, 11) is 0. The topological polar surface area (TPSA) is 78.9 Å². The molecule has 0 radical (unpaired) electrons. The highest BCUT2D eigenvalue weighted by atomic mass is 16.6. The lowest BCUT2D eigenvalue weighted by atomic mass is 10.0. The van der Waals surface area contributed by atoms with Crippen LogP contribution in [0.2, 0.25) is 0 Å². The number of unbranched alkanes of at least 4 members (excludes halogenated alkanes) is 27. The Morgan fingerprint density at radius 1 is 0.345 bits per heavy atom. The van der Waals surface area contributed by atoms with Gasteiger partial charge >= 0.3 is 17.9 Å². The molecule has 1 unspecified atom stereocenters. The zero-order valence-corrected chi connectivity index (χ0v) is 38.3. The molecule has 0 amide bonds. The van der Waals surface area contributed by atoms with Crippen LogP contribution in [-0.4, -0.2) is 37.2 Å². The lowest BCUT2D eigenvalue weighted by molar-refractivity contribution is -0.167. The molecule has 336 valence electrons. The summed E-state index contributed by atoms with van der Waals surface area (Å²) in [6, 6.07) is 0. The molecule has 0 saturated heterocycles. The van der Waals surface area contributed by atoms with E-state index in [0.29, 0.717) is 19.3 Å². The van der Waals surface area contributed by atoms with Crippen LogP contribution in [0, 0.1) is 0 Å². The summed E-state index contributed by atoms with van der Waals surface area (Å²) in [5.41, 5.74) is 0. The molecule has 0 saturated carbocycles. The fraction of sp³-hybridized carbons (Fsp3) is 0.788. The fourth-order valence-corrected chi connectivity index (χ4v) is 6.82. The van der Waals surface area contributed by atoms with Gasteiger partial charge < -0.3 is 14.2 Å². The van der Waals surface area contributed by atoms with E-state index in [1.165, 1.54) is 128 Å². The van der Waals surface area contributed by atoms with Gasteiger partial charge in [0, 0.05) is 19.3 Å². The van der Waals surface area contributed by atoms with Gasteiger partial charge in [-0.2, -0.15) is 0 Å². The van der Waals surface area contributed by atoms with Crippen LogP contribution in [0.3, 0.4) is 0 Å². The zero-order chi connectivity index (χ0) is 42.3. The van der Waals surface area contributed by atoms with Crippen molar-refractivity contribution in [1.82, 2.24) is 0 Å². The van der Waals surface area contributed by atoms with E-state index in [0.717, 1.165) is 77.0 Å². The second kappa shape index (κ2) is 47.1. The van der Waals surface area contributed by atoms with Gasteiger partial charge in [0.25, 0.3) is 0 Å². The number of esters is 3. The van der Waals surface area contributed by atoms with Crippen molar-refractivity contribution in [3.8, 4) is 0 Å². The van der Waals surface area contributed by atoms with Crippen molar-refractivity contribution >= 4 is 17.9 Å². The second-order valence-corrected chi connectivity index (χ2v) is 16.4. The summed E-state index contributed by atoms with van der Waals surface area (Å²) in [6.07, 6.45) is 55.2. The number of carbonyl (C=O) groups excluding carboxylic acids is 3. The Bertz CT molecular complexity index is 1030. The summed E-state index contributed by atoms with van der Waals surface area (Å²) in [5, 5.41) is 0. The van der Waals surface area contributed by atoms with E-state index in [9.17, 15) is 14.4 Å². The highest BCUT2D eigenvalue weighted by Gasteiger charge is 2.19. The van der Waals surface area contributed by atoms with Gasteiger partial charge in [0.2, 0.25) is 0 Å². The Morgan fingerprint density at radius 3 is 1.02 bits per heavy atom. The quantitative estimate of drug-likeness (QED) is 0.0264. The predicted octanol–water partition coefficient (Wildman–Crippen LogP) is 15.9.